The predicted molar refractivity (Wildman–Crippen MR) is 153 cm³/mol. The fourth-order valence-electron chi connectivity index (χ4n) is 4.43. The lowest BCUT2D eigenvalue weighted by atomic mass is 9.88. The van der Waals surface area contributed by atoms with Crippen molar-refractivity contribution in [1.82, 2.24) is 0 Å². The maximum atomic E-state index is 12.9. The van der Waals surface area contributed by atoms with Gasteiger partial charge in [0.1, 0.15) is 5.75 Å². The molecule has 8 heteroatoms. The zero-order valence-corrected chi connectivity index (χ0v) is 23.4. The first kappa shape index (κ1) is 31.5. The van der Waals surface area contributed by atoms with Crippen LogP contribution in [0.5, 0.6) is 5.75 Å². The van der Waals surface area contributed by atoms with Gasteiger partial charge in [-0.05, 0) is 72.1 Å². The summed E-state index contributed by atoms with van der Waals surface area (Å²) in [5, 5.41) is 0. The molecule has 1 unspecified atom stereocenters. The summed E-state index contributed by atoms with van der Waals surface area (Å²) >= 11 is 0. The summed E-state index contributed by atoms with van der Waals surface area (Å²) in [6.45, 7) is 2.63. The van der Waals surface area contributed by atoms with Gasteiger partial charge in [-0.1, -0.05) is 79.7 Å². The largest absolute Gasteiger partial charge is 0.494 e. The molecule has 0 radical (unpaired) electrons. The predicted octanol–water partition coefficient (Wildman–Crippen LogP) is 9.33. The lowest BCUT2D eigenvalue weighted by molar-refractivity contribution is -0.284. The number of benzene rings is 3. The van der Waals surface area contributed by atoms with Crippen molar-refractivity contribution in [1.29, 1.82) is 0 Å². The van der Waals surface area contributed by atoms with E-state index in [-0.39, 0.29) is 11.5 Å². The minimum atomic E-state index is -5.56. The van der Waals surface area contributed by atoms with Gasteiger partial charge in [0.2, 0.25) is 0 Å². The third kappa shape index (κ3) is 9.29. The highest BCUT2D eigenvalue weighted by molar-refractivity contribution is 7.84. The van der Waals surface area contributed by atoms with Crippen LogP contribution in [-0.4, -0.2) is 34.4 Å². The molecule has 0 aromatic heterocycles. The standard InChI is InChI=1S/C32H35F5O2S/c1-2-29(25-13-6-3-7-14-25)30(26-15-8-4-9-16-26)27-17-19-28(20-18-27)39-22-10-5-11-23-40(38)24-12-21-31(33,34)32(35,36)37/h3-4,6-9,13-20H,2,5,10-12,21-24H2,1H3/b30-29+. The lowest BCUT2D eigenvalue weighted by Gasteiger charge is -2.19. The zero-order chi connectivity index (χ0) is 29.0. The second-order valence-electron chi connectivity index (χ2n) is 9.53. The number of alkyl halides is 5. The Hall–Kier alpha value is -3.00. The quantitative estimate of drug-likeness (QED) is 0.102. The molecule has 0 bridgehead atoms. The van der Waals surface area contributed by atoms with Crippen molar-refractivity contribution in [2.24, 2.45) is 0 Å². The van der Waals surface area contributed by atoms with Crippen LogP contribution in [0.15, 0.2) is 84.9 Å². The minimum Gasteiger partial charge on any atom is -0.494 e. The summed E-state index contributed by atoms with van der Waals surface area (Å²) in [5.74, 6) is -3.87. The summed E-state index contributed by atoms with van der Waals surface area (Å²) in [5.41, 5.74) is 5.85. The van der Waals surface area contributed by atoms with E-state index in [0.717, 1.165) is 29.7 Å². The van der Waals surface area contributed by atoms with Crippen LogP contribution in [0.25, 0.3) is 11.1 Å². The van der Waals surface area contributed by atoms with E-state index in [1.54, 1.807) is 0 Å². The van der Waals surface area contributed by atoms with Gasteiger partial charge >= 0.3 is 12.1 Å². The molecule has 3 aromatic carbocycles. The third-order valence-electron chi connectivity index (χ3n) is 6.55. The molecule has 0 heterocycles. The Bertz CT molecular complexity index is 1220. The zero-order valence-electron chi connectivity index (χ0n) is 22.6. The molecular formula is C32H35F5O2S. The number of hydrogen-bond donors (Lipinski definition) is 0. The number of allylic oxidation sites excluding steroid dienone is 1. The van der Waals surface area contributed by atoms with Crippen molar-refractivity contribution in [3.05, 3.63) is 102 Å². The molecule has 0 spiro atoms. The van der Waals surface area contributed by atoms with Crippen LogP contribution in [0.3, 0.4) is 0 Å². The van der Waals surface area contributed by atoms with Crippen molar-refractivity contribution < 1.29 is 30.9 Å². The highest BCUT2D eigenvalue weighted by atomic mass is 32.2. The maximum Gasteiger partial charge on any atom is 0.453 e. The van der Waals surface area contributed by atoms with Gasteiger partial charge in [-0.25, -0.2) is 0 Å². The average molecular weight is 579 g/mol. The van der Waals surface area contributed by atoms with Crippen molar-refractivity contribution >= 4 is 21.9 Å². The van der Waals surface area contributed by atoms with Crippen molar-refractivity contribution in [2.45, 2.75) is 57.5 Å². The highest BCUT2D eigenvalue weighted by Crippen LogP contribution is 2.39. The average Bonchev–Trinajstić information content (AvgIpc) is 2.94. The van der Waals surface area contributed by atoms with Gasteiger partial charge in [0.25, 0.3) is 0 Å². The molecule has 3 rings (SSSR count). The summed E-state index contributed by atoms with van der Waals surface area (Å²) in [7, 11) is -1.41. The van der Waals surface area contributed by atoms with E-state index in [9.17, 15) is 26.2 Å². The molecular weight excluding hydrogens is 543 g/mol. The molecule has 2 nitrogen and oxygen atoms in total. The molecule has 0 aliphatic rings. The number of unbranched alkanes of at least 4 members (excludes halogenated alkanes) is 2. The Labute approximate surface area is 235 Å². The van der Waals surface area contributed by atoms with Crippen LogP contribution in [-0.2, 0) is 10.8 Å². The monoisotopic (exact) mass is 578 g/mol. The van der Waals surface area contributed by atoms with Gasteiger partial charge < -0.3 is 4.74 Å². The number of hydrogen-bond acceptors (Lipinski definition) is 2. The molecule has 0 saturated carbocycles. The Kier molecular flexibility index (Phi) is 11.9. The van der Waals surface area contributed by atoms with Crippen LogP contribution in [0.2, 0.25) is 0 Å². The van der Waals surface area contributed by atoms with E-state index in [2.05, 4.69) is 43.3 Å². The fraction of sp³-hybridized carbons (Fsp3) is 0.375. The van der Waals surface area contributed by atoms with Gasteiger partial charge in [-0.3, -0.25) is 4.21 Å². The van der Waals surface area contributed by atoms with Crippen LogP contribution in [0, 0.1) is 0 Å². The first-order valence-corrected chi connectivity index (χ1v) is 15.0. The van der Waals surface area contributed by atoms with Gasteiger partial charge in [0, 0.05) is 28.7 Å². The van der Waals surface area contributed by atoms with E-state index < -0.39 is 35.7 Å². The highest BCUT2D eigenvalue weighted by Gasteiger charge is 2.56. The normalized spacial score (nSPS) is 13.6. The third-order valence-corrected chi connectivity index (χ3v) is 8.03. The molecule has 0 fully saturated rings. The Morgan fingerprint density at radius 3 is 1.82 bits per heavy atom. The second-order valence-corrected chi connectivity index (χ2v) is 11.2. The van der Waals surface area contributed by atoms with Gasteiger partial charge in [-0.15, -0.1) is 0 Å². The summed E-state index contributed by atoms with van der Waals surface area (Å²) in [4.78, 5) is 0. The second kappa shape index (κ2) is 15.1. The molecule has 1 atom stereocenters. The number of rotatable bonds is 15. The first-order chi connectivity index (χ1) is 19.1. The molecule has 0 amide bonds. The van der Waals surface area contributed by atoms with Crippen molar-refractivity contribution in [3.63, 3.8) is 0 Å². The molecule has 0 saturated heterocycles. The van der Waals surface area contributed by atoms with Gasteiger partial charge in [0.15, 0.2) is 0 Å². The summed E-state index contributed by atoms with van der Waals surface area (Å²) in [6, 6.07) is 28.7. The maximum absolute atomic E-state index is 12.9. The number of ether oxygens (including phenoxy) is 1. The first-order valence-electron chi connectivity index (χ1n) is 13.5. The van der Waals surface area contributed by atoms with Gasteiger partial charge in [-0.2, -0.15) is 22.0 Å². The Morgan fingerprint density at radius 1 is 0.700 bits per heavy atom. The van der Waals surface area contributed by atoms with E-state index in [0.29, 0.717) is 19.4 Å². The summed E-state index contributed by atoms with van der Waals surface area (Å²) in [6.07, 6.45) is -4.41. The van der Waals surface area contributed by atoms with Gasteiger partial charge in [0.05, 0.1) is 6.61 Å². The van der Waals surface area contributed by atoms with E-state index in [4.69, 9.17) is 4.74 Å². The van der Waals surface area contributed by atoms with Crippen molar-refractivity contribution in [3.8, 4) is 5.75 Å². The molecule has 0 aliphatic heterocycles. The van der Waals surface area contributed by atoms with E-state index in [1.807, 2.05) is 48.5 Å². The molecule has 3 aromatic rings. The van der Waals surface area contributed by atoms with Crippen LogP contribution in [0.4, 0.5) is 22.0 Å². The van der Waals surface area contributed by atoms with E-state index >= 15 is 0 Å². The lowest BCUT2D eigenvalue weighted by Crippen LogP contribution is -2.36. The Balaban J connectivity index is 1.49. The molecule has 40 heavy (non-hydrogen) atoms. The number of halogens is 5. The molecule has 216 valence electrons. The summed E-state index contributed by atoms with van der Waals surface area (Å²) < 4.78 is 80.3. The fourth-order valence-corrected chi connectivity index (χ4v) is 5.63. The topological polar surface area (TPSA) is 26.3 Å². The van der Waals surface area contributed by atoms with Crippen LogP contribution < -0.4 is 4.74 Å². The van der Waals surface area contributed by atoms with Crippen molar-refractivity contribution in [2.75, 3.05) is 18.1 Å². The minimum absolute atomic E-state index is 0.155. The van der Waals surface area contributed by atoms with Crippen LogP contribution >= 0.6 is 0 Å². The molecule has 0 aliphatic carbocycles. The smallest absolute Gasteiger partial charge is 0.453 e. The Morgan fingerprint density at radius 2 is 1.25 bits per heavy atom. The molecule has 0 N–H and O–H groups in total. The van der Waals surface area contributed by atoms with E-state index in [1.165, 1.54) is 16.7 Å². The SMILES string of the molecule is CC/C(=C(/c1ccccc1)c1ccc(OCCCCCS(=O)CCCC(F)(F)C(F)(F)F)cc1)c1ccccc1. The van der Waals surface area contributed by atoms with Crippen LogP contribution in [0.1, 0.15) is 62.1 Å².